The van der Waals surface area contributed by atoms with Crippen molar-refractivity contribution in [2.75, 3.05) is 10.6 Å². The number of anilines is 2. The van der Waals surface area contributed by atoms with Crippen molar-refractivity contribution >= 4 is 44.2 Å². The van der Waals surface area contributed by atoms with Gasteiger partial charge in [0, 0.05) is 5.69 Å². The van der Waals surface area contributed by atoms with Crippen LogP contribution < -0.4 is 15.8 Å². The minimum atomic E-state index is -3.65. The van der Waals surface area contributed by atoms with Gasteiger partial charge in [0.2, 0.25) is 10.0 Å². The molecule has 0 aliphatic heterocycles. The lowest BCUT2D eigenvalue weighted by Gasteiger charge is -2.20. The van der Waals surface area contributed by atoms with Crippen LogP contribution in [0, 0.1) is 0 Å². The number of nitrogens with two attached hydrogens (primary N) is 1. The van der Waals surface area contributed by atoms with Crippen molar-refractivity contribution in [2.45, 2.75) is 32.1 Å². The SMILES string of the molecule is CC(C)(C)OC(=O)Nc1cc2ccccc2cc1C(=O)Nc1ccc(CS(N)(=O)=O)cc1. The van der Waals surface area contributed by atoms with Crippen LogP contribution in [0.15, 0.2) is 60.7 Å². The first-order valence-electron chi connectivity index (χ1n) is 9.83. The predicted molar refractivity (Wildman–Crippen MR) is 125 cm³/mol. The van der Waals surface area contributed by atoms with Crippen LogP contribution in [0.3, 0.4) is 0 Å². The van der Waals surface area contributed by atoms with Crippen LogP contribution >= 0.6 is 0 Å². The van der Waals surface area contributed by atoms with Crippen LogP contribution in [0.1, 0.15) is 36.7 Å². The number of primary sulfonamides is 1. The maximum absolute atomic E-state index is 13.0. The molecule has 0 atom stereocenters. The van der Waals surface area contributed by atoms with Crippen molar-refractivity contribution < 1.29 is 22.7 Å². The lowest BCUT2D eigenvalue weighted by Crippen LogP contribution is -2.28. The molecule has 168 valence electrons. The highest BCUT2D eigenvalue weighted by Crippen LogP contribution is 2.26. The predicted octanol–water partition coefficient (Wildman–Crippen LogP) is 4.23. The Morgan fingerprint density at radius 2 is 1.53 bits per heavy atom. The summed E-state index contributed by atoms with van der Waals surface area (Å²) >= 11 is 0. The van der Waals surface area contributed by atoms with E-state index in [1.807, 2.05) is 24.3 Å². The summed E-state index contributed by atoms with van der Waals surface area (Å²) in [5.41, 5.74) is 0.833. The average Bonchev–Trinajstić information content (AvgIpc) is 2.66. The largest absolute Gasteiger partial charge is 0.444 e. The minimum Gasteiger partial charge on any atom is -0.444 e. The molecule has 3 aromatic rings. The molecule has 3 rings (SSSR count). The molecule has 0 saturated heterocycles. The topological polar surface area (TPSA) is 128 Å². The van der Waals surface area contributed by atoms with Gasteiger partial charge in [0.05, 0.1) is 17.0 Å². The molecule has 0 radical (unpaired) electrons. The molecule has 0 aliphatic carbocycles. The first kappa shape index (κ1) is 23.2. The second-order valence-electron chi connectivity index (χ2n) is 8.33. The number of ether oxygens (including phenoxy) is 1. The summed E-state index contributed by atoms with van der Waals surface area (Å²) in [5, 5.41) is 12.2. The van der Waals surface area contributed by atoms with E-state index in [0.29, 0.717) is 16.9 Å². The maximum Gasteiger partial charge on any atom is 0.412 e. The normalized spacial score (nSPS) is 11.8. The molecule has 0 saturated carbocycles. The van der Waals surface area contributed by atoms with Gasteiger partial charge in [-0.15, -0.1) is 0 Å². The molecule has 0 heterocycles. The van der Waals surface area contributed by atoms with Gasteiger partial charge in [-0.05, 0) is 61.4 Å². The first-order valence-corrected chi connectivity index (χ1v) is 11.5. The highest BCUT2D eigenvalue weighted by Gasteiger charge is 2.20. The summed E-state index contributed by atoms with van der Waals surface area (Å²) in [6.07, 6.45) is -0.672. The molecule has 9 heteroatoms. The molecule has 0 aromatic heterocycles. The smallest absolute Gasteiger partial charge is 0.412 e. The number of rotatable bonds is 5. The Morgan fingerprint density at radius 1 is 0.938 bits per heavy atom. The number of benzene rings is 3. The van der Waals surface area contributed by atoms with Gasteiger partial charge in [-0.1, -0.05) is 36.4 Å². The molecule has 0 bridgehead atoms. The molecular formula is C23H25N3O5S. The van der Waals surface area contributed by atoms with Gasteiger partial charge in [0.1, 0.15) is 5.60 Å². The molecule has 2 amide bonds. The molecule has 8 nitrogen and oxygen atoms in total. The Bertz CT molecular complexity index is 1260. The zero-order valence-corrected chi connectivity index (χ0v) is 18.8. The maximum atomic E-state index is 13.0. The van der Waals surface area contributed by atoms with Gasteiger partial charge >= 0.3 is 6.09 Å². The molecule has 0 aliphatic rings. The summed E-state index contributed by atoms with van der Waals surface area (Å²) in [6, 6.07) is 17.2. The Hall–Kier alpha value is -3.43. The van der Waals surface area contributed by atoms with Gasteiger partial charge < -0.3 is 10.1 Å². The summed E-state index contributed by atoms with van der Waals surface area (Å²) in [7, 11) is -3.65. The van der Waals surface area contributed by atoms with Gasteiger partial charge in [0.25, 0.3) is 5.91 Å². The zero-order valence-electron chi connectivity index (χ0n) is 18.0. The Kier molecular flexibility index (Phi) is 6.52. The van der Waals surface area contributed by atoms with Gasteiger partial charge in [-0.2, -0.15) is 0 Å². The fourth-order valence-corrected chi connectivity index (χ4v) is 3.72. The third-order valence-electron chi connectivity index (χ3n) is 4.35. The number of sulfonamides is 1. The molecule has 3 aromatic carbocycles. The van der Waals surface area contributed by atoms with E-state index < -0.39 is 27.6 Å². The average molecular weight is 456 g/mol. The minimum absolute atomic E-state index is 0.253. The molecule has 0 spiro atoms. The van der Waals surface area contributed by atoms with E-state index in [4.69, 9.17) is 9.88 Å². The monoisotopic (exact) mass is 455 g/mol. The van der Waals surface area contributed by atoms with E-state index in [0.717, 1.165) is 10.8 Å². The van der Waals surface area contributed by atoms with Crippen LogP contribution in [0.4, 0.5) is 16.2 Å². The second-order valence-corrected chi connectivity index (χ2v) is 9.94. The van der Waals surface area contributed by atoms with Crippen LogP contribution in [-0.2, 0) is 20.5 Å². The van der Waals surface area contributed by atoms with Gasteiger partial charge in [-0.25, -0.2) is 18.4 Å². The van der Waals surface area contributed by atoms with E-state index in [-0.39, 0.29) is 11.3 Å². The van der Waals surface area contributed by atoms with Crippen LogP contribution in [0.5, 0.6) is 0 Å². The number of fused-ring (bicyclic) bond motifs is 1. The summed E-state index contributed by atoms with van der Waals surface area (Å²) in [5.74, 6) is -0.739. The van der Waals surface area contributed by atoms with Crippen LogP contribution in [0.2, 0.25) is 0 Å². The van der Waals surface area contributed by atoms with Crippen molar-refractivity contribution in [3.8, 4) is 0 Å². The highest BCUT2D eigenvalue weighted by molar-refractivity contribution is 7.88. The Labute approximate surface area is 186 Å². The van der Waals surface area contributed by atoms with E-state index >= 15 is 0 Å². The number of hydrogen-bond donors (Lipinski definition) is 3. The molecule has 0 unspecified atom stereocenters. The van der Waals surface area contributed by atoms with E-state index in [9.17, 15) is 18.0 Å². The van der Waals surface area contributed by atoms with Crippen molar-refractivity contribution in [3.05, 3.63) is 71.8 Å². The fourth-order valence-electron chi connectivity index (χ4n) is 3.06. The summed E-state index contributed by atoms with van der Waals surface area (Å²) in [4.78, 5) is 25.4. The molecular weight excluding hydrogens is 430 g/mol. The lowest BCUT2D eigenvalue weighted by molar-refractivity contribution is 0.0636. The Balaban J connectivity index is 1.88. The van der Waals surface area contributed by atoms with Gasteiger partial charge in [0.15, 0.2) is 0 Å². The third kappa shape index (κ3) is 6.53. The standard InChI is InChI=1S/C23H25N3O5S/c1-23(2,3)31-22(28)26-20-13-17-7-5-4-6-16(17)12-19(20)21(27)25-18-10-8-15(9-11-18)14-32(24,29)30/h4-13H,14H2,1-3H3,(H,25,27)(H,26,28)(H2,24,29,30). The van der Waals surface area contributed by atoms with E-state index in [1.54, 1.807) is 57.2 Å². The number of carbonyl (C=O) groups is 2. The quantitative estimate of drug-likeness (QED) is 0.530. The Morgan fingerprint density at radius 3 is 2.09 bits per heavy atom. The van der Waals surface area contributed by atoms with E-state index in [2.05, 4.69) is 10.6 Å². The third-order valence-corrected chi connectivity index (χ3v) is 5.08. The lowest BCUT2D eigenvalue weighted by atomic mass is 10.0. The van der Waals surface area contributed by atoms with Gasteiger partial charge in [-0.3, -0.25) is 10.1 Å². The fraction of sp³-hybridized carbons (Fsp3) is 0.217. The summed E-state index contributed by atoms with van der Waals surface area (Å²) in [6.45, 7) is 5.25. The molecule has 4 N–H and O–H groups in total. The second kappa shape index (κ2) is 8.97. The molecule has 0 fully saturated rings. The number of amides is 2. The van der Waals surface area contributed by atoms with Crippen molar-refractivity contribution in [2.24, 2.45) is 5.14 Å². The highest BCUT2D eigenvalue weighted by atomic mass is 32.2. The number of hydrogen-bond acceptors (Lipinski definition) is 5. The van der Waals surface area contributed by atoms with E-state index in [1.165, 1.54) is 0 Å². The number of nitrogens with one attached hydrogen (secondary N) is 2. The van der Waals surface area contributed by atoms with Crippen molar-refractivity contribution in [1.82, 2.24) is 0 Å². The molecule has 32 heavy (non-hydrogen) atoms. The first-order chi connectivity index (χ1) is 14.9. The summed E-state index contributed by atoms with van der Waals surface area (Å²) < 4.78 is 27.8. The van der Waals surface area contributed by atoms with Crippen LogP contribution in [0.25, 0.3) is 10.8 Å². The van der Waals surface area contributed by atoms with Crippen molar-refractivity contribution in [3.63, 3.8) is 0 Å². The van der Waals surface area contributed by atoms with Crippen molar-refractivity contribution in [1.29, 1.82) is 0 Å². The zero-order chi connectivity index (χ0) is 23.5. The number of carbonyl (C=O) groups excluding carboxylic acids is 2. The van der Waals surface area contributed by atoms with Crippen LogP contribution in [-0.4, -0.2) is 26.0 Å².